The van der Waals surface area contributed by atoms with E-state index in [0.717, 1.165) is 57.4 Å². The number of carboxylic acids is 1. The van der Waals surface area contributed by atoms with Crippen molar-refractivity contribution in [3.63, 3.8) is 0 Å². The van der Waals surface area contributed by atoms with Crippen LogP contribution in [0.15, 0.2) is 60.8 Å². The fourth-order valence-electron chi connectivity index (χ4n) is 4.88. The van der Waals surface area contributed by atoms with Gasteiger partial charge in [0.1, 0.15) is 17.0 Å². The van der Waals surface area contributed by atoms with Gasteiger partial charge in [0.05, 0.1) is 17.3 Å². The molecule has 0 bridgehead atoms. The van der Waals surface area contributed by atoms with Gasteiger partial charge in [-0.2, -0.15) is 5.10 Å². The van der Waals surface area contributed by atoms with Crippen LogP contribution in [0.5, 0.6) is 0 Å². The summed E-state index contributed by atoms with van der Waals surface area (Å²) < 4.78 is 21.6. The van der Waals surface area contributed by atoms with Crippen molar-refractivity contribution in [2.75, 3.05) is 13.2 Å². The first kappa shape index (κ1) is 20.6. The van der Waals surface area contributed by atoms with Crippen LogP contribution < -0.4 is 0 Å². The summed E-state index contributed by atoms with van der Waals surface area (Å²) in [6.45, 7) is 1.32. The second-order valence-electron chi connectivity index (χ2n) is 8.50. The zero-order valence-electron chi connectivity index (χ0n) is 18.2. The monoisotopic (exact) mass is 456 g/mol. The first-order valence-electron chi connectivity index (χ1n) is 11.2. The van der Waals surface area contributed by atoms with Crippen molar-refractivity contribution in [3.8, 4) is 16.8 Å². The van der Waals surface area contributed by atoms with Gasteiger partial charge >= 0.3 is 5.97 Å². The average molecular weight is 456 g/mol. The minimum atomic E-state index is -0.967. The van der Waals surface area contributed by atoms with E-state index >= 15 is 0 Å². The summed E-state index contributed by atoms with van der Waals surface area (Å²) in [5.74, 6) is -1.08. The van der Waals surface area contributed by atoms with Crippen LogP contribution in [0.25, 0.3) is 38.9 Å². The standard InChI is InChI=1S/C26H21FN4O3/c27-18-5-7-19(8-6-18)31-24(16-9-11-34-12-10-16)23(15-1-3-17(4-2-15)26(32)33)20-13-21-22(14-28-30-21)29-25(20)31/h1-8,13-14,16H,9-12H2,(H,28,30)(H,32,33). The molecule has 7 nitrogen and oxygen atoms in total. The number of rotatable bonds is 4. The number of halogens is 1. The minimum absolute atomic E-state index is 0.193. The van der Waals surface area contributed by atoms with Crippen LogP contribution in [-0.2, 0) is 4.74 Å². The van der Waals surface area contributed by atoms with Gasteiger partial charge < -0.3 is 9.84 Å². The van der Waals surface area contributed by atoms with Crippen LogP contribution in [0.4, 0.5) is 4.39 Å². The highest BCUT2D eigenvalue weighted by molar-refractivity contribution is 6.02. The molecule has 34 heavy (non-hydrogen) atoms. The number of benzene rings is 2. The van der Waals surface area contributed by atoms with Crippen molar-refractivity contribution >= 4 is 28.0 Å². The molecule has 2 aromatic carbocycles. The van der Waals surface area contributed by atoms with E-state index in [9.17, 15) is 14.3 Å². The maximum Gasteiger partial charge on any atom is 0.335 e. The highest BCUT2D eigenvalue weighted by Gasteiger charge is 2.29. The fraction of sp³-hybridized carbons (Fsp3) is 0.192. The van der Waals surface area contributed by atoms with Gasteiger partial charge in [-0.3, -0.25) is 9.67 Å². The van der Waals surface area contributed by atoms with E-state index < -0.39 is 5.97 Å². The number of pyridine rings is 1. The smallest absolute Gasteiger partial charge is 0.335 e. The molecule has 1 aliphatic heterocycles. The lowest BCUT2D eigenvalue weighted by Crippen LogP contribution is -2.17. The summed E-state index contributed by atoms with van der Waals surface area (Å²) in [5.41, 5.74) is 6.31. The van der Waals surface area contributed by atoms with Gasteiger partial charge in [0.15, 0.2) is 0 Å². The van der Waals surface area contributed by atoms with Crippen LogP contribution in [0.3, 0.4) is 0 Å². The fourth-order valence-corrected chi connectivity index (χ4v) is 4.88. The van der Waals surface area contributed by atoms with Crippen LogP contribution in [0, 0.1) is 5.82 Å². The number of aromatic amines is 1. The van der Waals surface area contributed by atoms with Crippen LogP contribution in [0.1, 0.15) is 34.8 Å². The molecule has 5 aromatic rings. The third-order valence-electron chi connectivity index (χ3n) is 6.50. The Hall–Kier alpha value is -4.04. The number of ether oxygens (including phenoxy) is 1. The van der Waals surface area contributed by atoms with Crippen molar-refractivity contribution in [2.24, 2.45) is 0 Å². The Morgan fingerprint density at radius 2 is 1.82 bits per heavy atom. The van der Waals surface area contributed by atoms with Crippen LogP contribution >= 0.6 is 0 Å². The topological polar surface area (TPSA) is 93.0 Å². The van der Waals surface area contributed by atoms with E-state index in [2.05, 4.69) is 14.8 Å². The molecule has 0 unspecified atom stereocenters. The number of aromatic nitrogens is 4. The summed E-state index contributed by atoms with van der Waals surface area (Å²) in [6, 6.07) is 15.4. The lowest BCUT2D eigenvalue weighted by Gasteiger charge is -2.25. The van der Waals surface area contributed by atoms with Crippen molar-refractivity contribution in [3.05, 3.63) is 77.9 Å². The number of aromatic carboxylic acids is 1. The second kappa shape index (κ2) is 8.07. The minimum Gasteiger partial charge on any atom is -0.478 e. The van der Waals surface area contributed by atoms with E-state index in [-0.39, 0.29) is 17.3 Å². The normalized spacial score (nSPS) is 14.7. The Balaban J connectivity index is 1.71. The molecule has 0 saturated carbocycles. The Morgan fingerprint density at radius 1 is 1.09 bits per heavy atom. The summed E-state index contributed by atoms with van der Waals surface area (Å²) in [7, 11) is 0. The molecule has 0 radical (unpaired) electrons. The predicted molar refractivity (Wildman–Crippen MR) is 126 cm³/mol. The molecular formula is C26H21FN4O3. The largest absolute Gasteiger partial charge is 0.478 e. The number of nitrogens with zero attached hydrogens (tertiary/aromatic N) is 3. The molecule has 1 fully saturated rings. The van der Waals surface area contributed by atoms with Crippen molar-refractivity contribution in [2.45, 2.75) is 18.8 Å². The molecule has 4 heterocycles. The molecule has 2 N–H and O–H groups in total. The highest BCUT2D eigenvalue weighted by Crippen LogP contribution is 2.43. The van der Waals surface area contributed by atoms with E-state index in [1.54, 1.807) is 30.5 Å². The van der Waals surface area contributed by atoms with E-state index in [4.69, 9.17) is 9.72 Å². The number of hydrogen-bond acceptors (Lipinski definition) is 4. The predicted octanol–water partition coefficient (Wildman–Crippen LogP) is 5.30. The van der Waals surface area contributed by atoms with Gasteiger partial charge in [-0.15, -0.1) is 0 Å². The number of fused-ring (bicyclic) bond motifs is 2. The first-order chi connectivity index (χ1) is 16.6. The zero-order chi connectivity index (χ0) is 23.2. The maximum atomic E-state index is 13.8. The lowest BCUT2D eigenvalue weighted by atomic mass is 9.89. The van der Waals surface area contributed by atoms with Gasteiger partial charge in [-0.05, 0) is 60.9 Å². The highest BCUT2D eigenvalue weighted by atomic mass is 19.1. The summed E-state index contributed by atoms with van der Waals surface area (Å²) in [6.07, 6.45) is 3.38. The molecule has 170 valence electrons. The zero-order valence-corrected chi connectivity index (χ0v) is 18.2. The molecule has 0 aliphatic carbocycles. The van der Waals surface area contributed by atoms with Crippen molar-refractivity contribution in [1.82, 2.24) is 19.7 Å². The first-order valence-corrected chi connectivity index (χ1v) is 11.2. The number of carboxylic acid groups (broad SMARTS) is 1. The molecule has 1 aliphatic rings. The van der Waals surface area contributed by atoms with E-state index in [1.165, 1.54) is 12.1 Å². The molecule has 8 heteroatoms. The van der Waals surface area contributed by atoms with Crippen molar-refractivity contribution in [1.29, 1.82) is 0 Å². The van der Waals surface area contributed by atoms with Gasteiger partial charge in [0, 0.05) is 41.5 Å². The summed E-state index contributed by atoms with van der Waals surface area (Å²) in [4.78, 5) is 16.4. The Labute approximate surface area is 193 Å². The van der Waals surface area contributed by atoms with Gasteiger partial charge in [-0.25, -0.2) is 14.2 Å². The van der Waals surface area contributed by atoms with Crippen molar-refractivity contribution < 1.29 is 19.0 Å². The number of hydrogen-bond donors (Lipinski definition) is 2. The molecule has 0 atom stereocenters. The lowest BCUT2D eigenvalue weighted by molar-refractivity contribution is 0.0697. The second-order valence-corrected chi connectivity index (χ2v) is 8.50. The molecule has 6 rings (SSSR count). The number of H-pyrrole nitrogens is 1. The molecular weight excluding hydrogens is 435 g/mol. The summed E-state index contributed by atoms with van der Waals surface area (Å²) >= 11 is 0. The molecule has 1 saturated heterocycles. The summed E-state index contributed by atoms with van der Waals surface area (Å²) in [5, 5.41) is 17.4. The molecule has 3 aromatic heterocycles. The van der Waals surface area contributed by atoms with E-state index in [1.807, 2.05) is 18.2 Å². The SMILES string of the molecule is O=C(O)c1ccc(-c2c(C3CCOCC3)n(-c3ccc(F)cc3)c3nc4cn[nH]c4cc23)cc1. The number of nitrogens with one attached hydrogen (secondary N) is 1. The van der Waals surface area contributed by atoms with Crippen LogP contribution in [0.2, 0.25) is 0 Å². The average Bonchev–Trinajstić information content (AvgIpc) is 3.45. The Kier molecular flexibility index (Phi) is 4.88. The number of carbonyl (C=O) groups is 1. The van der Waals surface area contributed by atoms with E-state index in [0.29, 0.717) is 13.2 Å². The third kappa shape index (κ3) is 3.34. The molecule has 0 spiro atoms. The van der Waals surface area contributed by atoms with Gasteiger partial charge in [0.2, 0.25) is 0 Å². The quantitative estimate of drug-likeness (QED) is 0.383. The third-order valence-corrected chi connectivity index (χ3v) is 6.50. The molecule has 0 amide bonds. The Bertz CT molecular complexity index is 1510. The Morgan fingerprint density at radius 3 is 2.53 bits per heavy atom. The van der Waals surface area contributed by atoms with Gasteiger partial charge in [0.25, 0.3) is 0 Å². The maximum absolute atomic E-state index is 13.8. The van der Waals surface area contributed by atoms with Crippen LogP contribution in [-0.4, -0.2) is 44.0 Å². The van der Waals surface area contributed by atoms with Gasteiger partial charge in [-0.1, -0.05) is 12.1 Å².